The van der Waals surface area contributed by atoms with Crippen LogP contribution >= 0.6 is 0 Å². The van der Waals surface area contributed by atoms with Crippen molar-refractivity contribution in [3.63, 3.8) is 0 Å². The molecule has 0 aromatic carbocycles. The fourth-order valence-corrected chi connectivity index (χ4v) is 2.70. The lowest BCUT2D eigenvalue weighted by molar-refractivity contribution is -0.106. The van der Waals surface area contributed by atoms with Crippen molar-refractivity contribution in [2.24, 2.45) is 11.8 Å². The van der Waals surface area contributed by atoms with Crippen molar-refractivity contribution in [3.05, 3.63) is 12.3 Å². The Kier molecular flexibility index (Phi) is 1.35. The largest absolute Gasteiger partial charge is 0.472 e. The first-order valence-corrected chi connectivity index (χ1v) is 4.56. The van der Waals surface area contributed by atoms with Gasteiger partial charge in [0.15, 0.2) is 0 Å². The molecule has 2 fully saturated rings. The fourth-order valence-electron chi connectivity index (χ4n) is 2.70. The summed E-state index contributed by atoms with van der Waals surface area (Å²) in [5.74, 6) is 0.105. The van der Waals surface area contributed by atoms with Gasteiger partial charge >= 0.3 is 0 Å². The maximum absolute atomic E-state index is 10.1. The predicted octanol–water partition coefficient (Wildman–Crippen LogP) is -0.385. The summed E-state index contributed by atoms with van der Waals surface area (Å²) in [4.78, 5) is 0. The van der Waals surface area contributed by atoms with Gasteiger partial charge in [-0.3, -0.25) is 0 Å². The molecule has 0 bridgehead atoms. The molecule has 0 amide bonds. The van der Waals surface area contributed by atoms with E-state index in [-0.39, 0.29) is 24.7 Å². The highest BCUT2D eigenvalue weighted by atomic mass is 16.7. The second kappa shape index (κ2) is 2.26. The minimum Gasteiger partial charge on any atom is -0.472 e. The molecule has 4 heteroatoms. The van der Waals surface area contributed by atoms with Crippen LogP contribution in [0.5, 0.6) is 0 Å². The topological polar surface area (TPSA) is 58.9 Å². The molecule has 2 aliphatic heterocycles. The Morgan fingerprint density at radius 3 is 3.15 bits per heavy atom. The first-order valence-electron chi connectivity index (χ1n) is 4.56. The number of hydrogen-bond acceptors (Lipinski definition) is 4. The summed E-state index contributed by atoms with van der Waals surface area (Å²) < 4.78 is 10.5. The van der Waals surface area contributed by atoms with Crippen LogP contribution in [0.1, 0.15) is 6.42 Å². The van der Waals surface area contributed by atoms with E-state index in [1.165, 1.54) is 0 Å². The van der Waals surface area contributed by atoms with E-state index >= 15 is 0 Å². The van der Waals surface area contributed by atoms with Gasteiger partial charge < -0.3 is 19.7 Å². The average Bonchev–Trinajstić information content (AvgIpc) is 2.57. The summed E-state index contributed by atoms with van der Waals surface area (Å²) in [5.41, 5.74) is -1.08. The van der Waals surface area contributed by atoms with Gasteiger partial charge in [0.05, 0.1) is 24.9 Å². The maximum Gasteiger partial charge on any atom is 0.205 e. The second-order valence-electron chi connectivity index (χ2n) is 4.08. The van der Waals surface area contributed by atoms with Crippen LogP contribution in [0.15, 0.2) is 12.3 Å². The van der Waals surface area contributed by atoms with Crippen LogP contribution in [0.2, 0.25) is 0 Å². The molecule has 1 saturated carbocycles. The first-order chi connectivity index (χ1) is 6.22. The smallest absolute Gasteiger partial charge is 0.205 e. The van der Waals surface area contributed by atoms with Crippen molar-refractivity contribution in [3.8, 4) is 0 Å². The lowest BCUT2D eigenvalue weighted by atomic mass is 9.86. The highest BCUT2D eigenvalue weighted by Crippen LogP contribution is 2.50. The summed E-state index contributed by atoms with van der Waals surface area (Å²) >= 11 is 0. The van der Waals surface area contributed by atoms with Gasteiger partial charge in [-0.05, 0) is 18.4 Å². The van der Waals surface area contributed by atoms with E-state index in [1.54, 1.807) is 6.26 Å². The van der Waals surface area contributed by atoms with Crippen LogP contribution < -0.4 is 0 Å². The fraction of sp³-hybridized carbons (Fsp3) is 0.778. The van der Waals surface area contributed by atoms with Crippen molar-refractivity contribution in [2.75, 3.05) is 6.61 Å². The molecular formula is C9H12O4. The summed E-state index contributed by atoms with van der Waals surface area (Å²) in [6, 6.07) is 0. The van der Waals surface area contributed by atoms with Crippen molar-refractivity contribution in [1.29, 1.82) is 0 Å². The molecule has 1 saturated heterocycles. The molecule has 72 valence electrons. The third-order valence-corrected chi connectivity index (χ3v) is 3.42. The Morgan fingerprint density at radius 1 is 1.46 bits per heavy atom. The monoisotopic (exact) mass is 184 g/mol. The molecule has 0 aromatic rings. The number of hydrogen-bond donors (Lipinski definition) is 2. The predicted molar refractivity (Wildman–Crippen MR) is 42.5 cm³/mol. The van der Waals surface area contributed by atoms with Crippen LogP contribution in [-0.2, 0) is 9.47 Å². The summed E-state index contributed by atoms with van der Waals surface area (Å²) in [6.45, 7) is 0.182. The molecule has 5 unspecified atom stereocenters. The molecule has 13 heavy (non-hydrogen) atoms. The van der Waals surface area contributed by atoms with Crippen LogP contribution in [0, 0.1) is 11.8 Å². The molecule has 4 nitrogen and oxygen atoms in total. The maximum atomic E-state index is 10.1. The van der Waals surface area contributed by atoms with Crippen LogP contribution in [0.25, 0.3) is 0 Å². The zero-order valence-electron chi connectivity index (χ0n) is 7.09. The number of allylic oxidation sites excluding steroid dienone is 1. The number of aliphatic hydroxyl groups is 2. The van der Waals surface area contributed by atoms with E-state index in [0.717, 1.165) is 0 Å². The quantitative estimate of drug-likeness (QED) is 0.538. The van der Waals surface area contributed by atoms with Crippen molar-refractivity contribution in [2.45, 2.75) is 24.4 Å². The Balaban J connectivity index is 2.03. The molecule has 2 heterocycles. The molecule has 3 aliphatic rings. The normalized spacial score (nSPS) is 57.7. The third kappa shape index (κ3) is 0.808. The summed E-state index contributed by atoms with van der Waals surface area (Å²) in [7, 11) is 0. The number of rotatable bonds is 0. The van der Waals surface area contributed by atoms with Crippen molar-refractivity contribution < 1.29 is 19.7 Å². The highest BCUT2D eigenvalue weighted by Gasteiger charge is 2.62. The average molecular weight is 184 g/mol. The Bertz CT molecular complexity index is 264. The summed E-state index contributed by atoms with van der Waals surface area (Å²) in [6.07, 6.45) is 3.07. The molecule has 0 spiro atoms. The van der Waals surface area contributed by atoms with Gasteiger partial charge in [0.25, 0.3) is 0 Å². The number of aliphatic hydroxyl groups excluding tert-OH is 1. The number of ether oxygens (including phenoxy) is 2. The summed E-state index contributed by atoms with van der Waals surface area (Å²) in [5, 5.41) is 19.8. The molecule has 0 radical (unpaired) electrons. The van der Waals surface area contributed by atoms with Gasteiger partial charge in [-0.15, -0.1) is 0 Å². The molecule has 3 rings (SSSR count). The first kappa shape index (κ1) is 7.79. The minimum absolute atomic E-state index is 0.0903. The van der Waals surface area contributed by atoms with Gasteiger partial charge in [-0.25, -0.2) is 0 Å². The van der Waals surface area contributed by atoms with Crippen LogP contribution in [0.3, 0.4) is 0 Å². The Labute approximate surface area is 75.8 Å². The van der Waals surface area contributed by atoms with Crippen molar-refractivity contribution in [1.82, 2.24) is 0 Å². The zero-order valence-corrected chi connectivity index (χ0v) is 7.09. The Hall–Kier alpha value is -0.580. The highest BCUT2D eigenvalue weighted by molar-refractivity contribution is 5.14. The molecular weight excluding hydrogens is 172 g/mol. The van der Waals surface area contributed by atoms with E-state index in [9.17, 15) is 10.2 Å². The molecule has 0 aromatic heterocycles. The lowest BCUT2D eigenvalue weighted by Gasteiger charge is -2.28. The van der Waals surface area contributed by atoms with Gasteiger partial charge in [-0.1, -0.05) is 0 Å². The second-order valence-corrected chi connectivity index (χ2v) is 4.08. The van der Waals surface area contributed by atoms with Crippen LogP contribution in [-0.4, -0.2) is 34.8 Å². The van der Waals surface area contributed by atoms with E-state index in [1.807, 2.05) is 6.08 Å². The van der Waals surface area contributed by atoms with Gasteiger partial charge in [0, 0.05) is 0 Å². The van der Waals surface area contributed by atoms with E-state index in [2.05, 4.69) is 0 Å². The SMILES string of the molecule is OC1CC2C=COC3OCC1(O)C23. The molecule has 5 atom stereocenters. The zero-order chi connectivity index (χ0) is 9.05. The van der Waals surface area contributed by atoms with Gasteiger partial charge in [-0.2, -0.15) is 0 Å². The standard InChI is InChI=1S/C9H12O4/c10-6-3-5-1-2-12-8-7(5)9(6,11)4-13-8/h1-2,5-8,10-11H,3-4H2. The minimum atomic E-state index is -1.08. The van der Waals surface area contributed by atoms with E-state index < -0.39 is 11.7 Å². The molecule has 1 aliphatic carbocycles. The Morgan fingerprint density at radius 2 is 2.31 bits per heavy atom. The van der Waals surface area contributed by atoms with Crippen molar-refractivity contribution >= 4 is 0 Å². The third-order valence-electron chi connectivity index (χ3n) is 3.42. The van der Waals surface area contributed by atoms with Crippen LogP contribution in [0.4, 0.5) is 0 Å². The lowest BCUT2D eigenvalue weighted by Crippen LogP contribution is -2.45. The van der Waals surface area contributed by atoms with E-state index in [4.69, 9.17) is 9.47 Å². The van der Waals surface area contributed by atoms with E-state index in [0.29, 0.717) is 6.42 Å². The van der Waals surface area contributed by atoms with Gasteiger partial charge in [0.1, 0.15) is 5.60 Å². The molecule has 2 N–H and O–H groups in total. The van der Waals surface area contributed by atoms with Gasteiger partial charge in [0.2, 0.25) is 6.29 Å².